The summed E-state index contributed by atoms with van der Waals surface area (Å²) in [4.78, 5) is 4.27. The van der Waals surface area contributed by atoms with Gasteiger partial charge in [-0.3, -0.25) is 0 Å². The predicted octanol–water partition coefficient (Wildman–Crippen LogP) is -0.0535. The summed E-state index contributed by atoms with van der Waals surface area (Å²) in [6.07, 6.45) is 5.31. The molecule has 3 heterocycles. The van der Waals surface area contributed by atoms with Gasteiger partial charge in [-0.05, 0) is 12.1 Å². The van der Waals surface area contributed by atoms with Gasteiger partial charge in [0.05, 0.1) is 6.33 Å². The first-order valence-electron chi connectivity index (χ1n) is 5.27. The zero-order valence-corrected chi connectivity index (χ0v) is 9.06. The van der Waals surface area contributed by atoms with E-state index < -0.39 is 0 Å². The van der Waals surface area contributed by atoms with Crippen LogP contribution in [-0.4, -0.2) is 35.9 Å². The largest absolute Gasteiger partial charge is 0.335 e. The van der Waals surface area contributed by atoms with Gasteiger partial charge in [-0.2, -0.15) is 9.61 Å². The van der Waals surface area contributed by atoms with Crippen molar-refractivity contribution < 1.29 is 0 Å². The molecule has 7 nitrogen and oxygen atoms in total. The number of nitrogens with two attached hydrogens (primary N) is 1. The number of imidazole rings is 1. The van der Waals surface area contributed by atoms with Gasteiger partial charge < -0.3 is 10.3 Å². The summed E-state index contributed by atoms with van der Waals surface area (Å²) < 4.78 is 3.58. The van der Waals surface area contributed by atoms with Gasteiger partial charge >= 0.3 is 0 Å². The molecule has 0 saturated heterocycles. The van der Waals surface area contributed by atoms with Crippen LogP contribution in [0.15, 0.2) is 30.9 Å². The topological polar surface area (TPSA) is 86.9 Å². The molecule has 3 rings (SSSR count). The number of hydrogen-bond donors (Lipinski definition) is 1. The van der Waals surface area contributed by atoms with Crippen LogP contribution < -0.4 is 5.73 Å². The Morgan fingerprint density at radius 3 is 3.12 bits per heavy atom. The second-order valence-corrected chi connectivity index (χ2v) is 3.60. The Morgan fingerprint density at radius 2 is 2.24 bits per heavy atom. The highest BCUT2D eigenvalue weighted by Crippen LogP contribution is 2.14. The van der Waals surface area contributed by atoms with Crippen LogP contribution in [0, 0.1) is 0 Å². The van der Waals surface area contributed by atoms with Crippen LogP contribution in [0.25, 0.3) is 17.2 Å². The molecular weight excluding hydrogens is 218 g/mol. The normalized spacial score (nSPS) is 11.1. The first-order valence-corrected chi connectivity index (χ1v) is 5.27. The van der Waals surface area contributed by atoms with Crippen LogP contribution in [0.1, 0.15) is 0 Å². The monoisotopic (exact) mass is 229 g/mol. The zero-order valence-electron chi connectivity index (χ0n) is 9.06. The number of rotatable bonds is 3. The lowest BCUT2D eigenvalue weighted by Gasteiger charge is -1.95. The van der Waals surface area contributed by atoms with Gasteiger partial charge in [-0.15, -0.1) is 10.2 Å². The maximum Gasteiger partial charge on any atom is 0.205 e. The van der Waals surface area contributed by atoms with Gasteiger partial charge in [0.15, 0.2) is 5.65 Å². The highest BCUT2D eigenvalue weighted by atomic mass is 15.4. The molecule has 0 aliphatic carbocycles. The van der Waals surface area contributed by atoms with E-state index in [-0.39, 0.29) is 0 Å². The Bertz CT molecular complexity index is 639. The second kappa shape index (κ2) is 3.95. The molecule has 17 heavy (non-hydrogen) atoms. The van der Waals surface area contributed by atoms with Crippen LogP contribution in [0.2, 0.25) is 0 Å². The van der Waals surface area contributed by atoms with Gasteiger partial charge in [0, 0.05) is 25.5 Å². The molecule has 0 bridgehead atoms. The smallest absolute Gasteiger partial charge is 0.205 e. The molecule has 0 aliphatic heterocycles. The van der Waals surface area contributed by atoms with E-state index in [2.05, 4.69) is 20.3 Å². The van der Waals surface area contributed by atoms with E-state index >= 15 is 0 Å². The molecule has 0 aromatic carbocycles. The van der Waals surface area contributed by atoms with Crippen molar-refractivity contribution in [2.24, 2.45) is 5.73 Å². The van der Waals surface area contributed by atoms with E-state index in [4.69, 9.17) is 5.73 Å². The summed E-state index contributed by atoms with van der Waals surface area (Å²) >= 11 is 0. The molecular formula is C10H11N7. The quantitative estimate of drug-likeness (QED) is 0.680. The van der Waals surface area contributed by atoms with E-state index in [0.717, 1.165) is 12.2 Å². The Hall–Kier alpha value is -2.28. The van der Waals surface area contributed by atoms with Crippen molar-refractivity contribution in [3.63, 3.8) is 0 Å². The van der Waals surface area contributed by atoms with Crippen LogP contribution >= 0.6 is 0 Å². The molecule has 3 aromatic heterocycles. The molecule has 0 aliphatic rings. The third-order valence-corrected chi connectivity index (χ3v) is 2.43. The third kappa shape index (κ3) is 1.66. The molecule has 86 valence electrons. The van der Waals surface area contributed by atoms with Gasteiger partial charge in [0.1, 0.15) is 5.69 Å². The fourth-order valence-electron chi connectivity index (χ4n) is 1.65. The lowest BCUT2D eigenvalue weighted by Crippen LogP contribution is -2.07. The SMILES string of the molecule is NCCn1cnc(-c2nnc3cccnn23)c1. The molecule has 3 aromatic rings. The molecule has 0 unspecified atom stereocenters. The minimum Gasteiger partial charge on any atom is -0.335 e. The van der Waals surface area contributed by atoms with Crippen LogP contribution in [0.4, 0.5) is 0 Å². The first-order chi connectivity index (χ1) is 8.38. The van der Waals surface area contributed by atoms with Crippen molar-refractivity contribution >= 4 is 5.65 Å². The lowest BCUT2D eigenvalue weighted by molar-refractivity contribution is 0.708. The summed E-state index contributed by atoms with van der Waals surface area (Å²) in [5.74, 6) is 0.636. The number of fused-ring (bicyclic) bond motifs is 1. The molecule has 0 spiro atoms. The van der Waals surface area contributed by atoms with Gasteiger partial charge in [-0.25, -0.2) is 4.98 Å². The van der Waals surface area contributed by atoms with E-state index in [1.807, 2.05) is 22.9 Å². The lowest BCUT2D eigenvalue weighted by atomic mass is 10.4. The highest BCUT2D eigenvalue weighted by molar-refractivity contribution is 5.53. The molecule has 0 atom stereocenters. The number of aromatic nitrogens is 6. The minimum absolute atomic E-state index is 0.578. The molecule has 7 heteroatoms. The standard InChI is InChI=1S/C10H11N7/c11-3-5-16-6-8(12-7-16)10-15-14-9-2-1-4-13-17(9)10/h1-2,4,6-7H,3,5,11H2. The van der Waals surface area contributed by atoms with Crippen LogP contribution in [-0.2, 0) is 6.54 Å². The summed E-state index contributed by atoms with van der Waals surface area (Å²) in [5, 5.41) is 12.3. The predicted molar refractivity (Wildman–Crippen MR) is 61.1 cm³/mol. The van der Waals surface area contributed by atoms with Gasteiger partial charge in [-0.1, -0.05) is 0 Å². The zero-order chi connectivity index (χ0) is 11.7. The van der Waals surface area contributed by atoms with E-state index in [1.165, 1.54) is 0 Å². The number of hydrogen-bond acceptors (Lipinski definition) is 5. The van der Waals surface area contributed by atoms with Crippen molar-refractivity contribution in [1.82, 2.24) is 29.4 Å². The van der Waals surface area contributed by atoms with Crippen molar-refractivity contribution in [2.45, 2.75) is 6.54 Å². The Morgan fingerprint density at radius 1 is 1.29 bits per heavy atom. The van der Waals surface area contributed by atoms with Crippen LogP contribution in [0.3, 0.4) is 0 Å². The Balaban J connectivity index is 2.07. The summed E-state index contributed by atoms with van der Waals surface area (Å²) in [6.45, 7) is 1.31. The average Bonchev–Trinajstić information content (AvgIpc) is 2.95. The molecule has 0 fully saturated rings. The summed E-state index contributed by atoms with van der Waals surface area (Å²) in [5.41, 5.74) is 6.93. The molecule has 0 saturated carbocycles. The second-order valence-electron chi connectivity index (χ2n) is 3.60. The maximum absolute atomic E-state index is 5.48. The maximum atomic E-state index is 5.48. The van der Waals surface area contributed by atoms with Crippen molar-refractivity contribution in [3.8, 4) is 11.5 Å². The Labute approximate surface area is 96.9 Å². The van der Waals surface area contributed by atoms with Crippen molar-refractivity contribution in [1.29, 1.82) is 0 Å². The first kappa shape index (κ1) is 9.91. The average molecular weight is 229 g/mol. The number of nitrogens with zero attached hydrogens (tertiary/aromatic N) is 6. The van der Waals surface area contributed by atoms with Crippen molar-refractivity contribution in [3.05, 3.63) is 30.9 Å². The van der Waals surface area contributed by atoms with Gasteiger partial charge in [0.25, 0.3) is 0 Å². The van der Waals surface area contributed by atoms with E-state index in [1.54, 1.807) is 17.0 Å². The Kier molecular flexibility index (Phi) is 2.30. The van der Waals surface area contributed by atoms with Crippen LogP contribution in [0.5, 0.6) is 0 Å². The summed E-state index contributed by atoms with van der Waals surface area (Å²) in [7, 11) is 0. The van der Waals surface area contributed by atoms with Gasteiger partial charge in [0.2, 0.25) is 5.82 Å². The molecule has 2 N–H and O–H groups in total. The minimum atomic E-state index is 0.578. The molecule has 0 amide bonds. The fourth-order valence-corrected chi connectivity index (χ4v) is 1.65. The fraction of sp³-hybridized carbons (Fsp3) is 0.200. The summed E-state index contributed by atoms with van der Waals surface area (Å²) in [6, 6.07) is 3.67. The third-order valence-electron chi connectivity index (χ3n) is 2.43. The van der Waals surface area contributed by atoms with E-state index in [0.29, 0.717) is 18.0 Å². The molecule has 0 radical (unpaired) electrons. The van der Waals surface area contributed by atoms with Crippen molar-refractivity contribution in [2.75, 3.05) is 6.54 Å². The highest BCUT2D eigenvalue weighted by Gasteiger charge is 2.10. The van der Waals surface area contributed by atoms with E-state index in [9.17, 15) is 0 Å².